The standard InChI is InChI=1S/C18H14O5/c1-11(18(20)21)22-13-7-8-14-15(12-5-3-2-4-6-12)10-17(19)23-16(14)9-13/h2-11H,1H3,(H,20,21)/t11-/m0/s1. The minimum atomic E-state index is -1.07. The molecule has 0 aliphatic rings. The van der Waals surface area contributed by atoms with Crippen LogP contribution >= 0.6 is 0 Å². The molecule has 1 atom stereocenters. The van der Waals surface area contributed by atoms with Crippen LogP contribution in [0.5, 0.6) is 5.75 Å². The summed E-state index contributed by atoms with van der Waals surface area (Å²) in [5, 5.41) is 9.65. The van der Waals surface area contributed by atoms with E-state index in [1.54, 1.807) is 12.1 Å². The highest BCUT2D eigenvalue weighted by molar-refractivity contribution is 5.93. The van der Waals surface area contributed by atoms with Crippen LogP contribution in [0.15, 0.2) is 63.8 Å². The van der Waals surface area contributed by atoms with E-state index in [0.29, 0.717) is 11.3 Å². The van der Waals surface area contributed by atoms with Crippen LogP contribution in [0.2, 0.25) is 0 Å². The number of ether oxygens (including phenoxy) is 1. The van der Waals surface area contributed by atoms with Crippen molar-refractivity contribution >= 4 is 16.9 Å². The highest BCUT2D eigenvalue weighted by atomic mass is 16.5. The smallest absolute Gasteiger partial charge is 0.344 e. The Balaban J connectivity index is 2.11. The van der Waals surface area contributed by atoms with Gasteiger partial charge in [0.05, 0.1) is 0 Å². The Morgan fingerprint density at radius 1 is 1.13 bits per heavy atom. The first kappa shape index (κ1) is 14.8. The molecule has 3 rings (SSSR count). The minimum absolute atomic E-state index is 0.334. The molecule has 2 aromatic carbocycles. The summed E-state index contributed by atoms with van der Waals surface area (Å²) in [7, 11) is 0. The normalized spacial score (nSPS) is 12.0. The zero-order chi connectivity index (χ0) is 16.4. The predicted octanol–water partition coefficient (Wildman–Crippen LogP) is 3.31. The highest BCUT2D eigenvalue weighted by Gasteiger charge is 2.14. The maximum Gasteiger partial charge on any atom is 0.344 e. The largest absolute Gasteiger partial charge is 0.479 e. The van der Waals surface area contributed by atoms with Crippen LogP contribution in [0.1, 0.15) is 6.92 Å². The lowest BCUT2D eigenvalue weighted by atomic mass is 10.0. The van der Waals surface area contributed by atoms with E-state index in [2.05, 4.69) is 0 Å². The van der Waals surface area contributed by atoms with Gasteiger partial charge in [0, 0.05) is 17.5 Å². The maximum atomic E-state index is 11.8. The van der Waals surface area contributed by atoms with Crippen molar-refractivity contribution in [1.29, 1.82) is 0 Å². The van der Waals surface area contributed by atoms with Crippen molar-refractivity contribution in [2.45, 2.75) is 13.0 Å². The van der Waals surface area contributed by atoms with E-state index >= 15 is 0 Å². The van der Waals surface area contributed by atoms with E-state index in [1.165, 1.54) is 19.1 Å². The molecule has 0 saturated carbocycles. The first-order chi connectivity index (χ1) is 11.0. The molecule has 1 heterocycles. The van der Waals surface area contributed by atoms with Crippen molar-refractivity contribution in [3.63, 3.8) is 0 Å². The second kappa shape index (κ2) is 5.96. The molecule has 1 aromatic heterocycles. The summed E-state index contributed by atoms with van der Waals surface area (Å²) in [5.41, 5.74) is 1.54. The Labute approximate surface area is 131 Å². The van der Waals surface area contributed by atoms with Gasteiger partial charge in [0.1, 0.15) is 11.3 Å². The van der Waals surface area contributed by atoms with Gasteiger partial charge in [0.2, 0.25) is 0 Å². The monoisotopic (exact) mass is 310 g/mol. The van der Waals surface area contributed by atoms with Gasteiger partial charge in [-0.25, -0.2) is 9.59 Å². The zero-order valence-corrected chi connectivity index (χ0v) is 12.4. The van der Waals surface area contributed by atoms with Crippen LogP contribution in [0, 0.1) is 0 Å². The number of benzene rings is 2. The molecule has 0 unspecified atom stereocenters. The van der Waals surface area contributed by atoms with Gasteiger partial charge in [-0.2, -0.15) is 0 Å². The fraction of sp³-hybridized carbons (Fsp3) is 0.111. The first-order valence-electron chi connectivity index (χ1n) is 7.07. The SMILES string of the molecule is C[C@H](Oc1ccc2c(-c3ccccc3)cc(=O)oc2c1)C(=O)O. The molecule has 0 bridgehead atoms. The van der Waals surface area contributed by atoms with Crippen LogP contribution in [0.3, 0.4) is 0 Å². The number of fused-ring (bicyclic) bond motifs is 1. The molecular weight excluding hydrogens is 296 g/mol. The molecule has 3 aromatic rings. The average Bonchev–Trinajstić information content (AvgIpc) is 2.54. The fourth-order valence-corrected chi connectivity index (χ4v) is 2.33. The number of carbonyl (C=O) groups is 1. The van der Waals surface area contributed by atoms with E-state index in [9.17, 15) is 9.59 Å². The third-order valence-corrected chi connectivity index (χ3v) is 3.46. The summed E-state index contributed by atoms with van der Waals surface area (Å²) in [6.45, 7) is 1.43. The number of aliphatic carboxylic acids is 1. The van der Waals surface area contributed by atoms with Gasteiger partial charge < -0.3 is 14.3 Å². The van der Waals surface area contributed by atoms with Crippen molar-refractivity contribution in [3.8, 4) is 16.9 Å². The van der Waals surface area contributed by atoms with Crippen molar-refractivity contribution in [3.05, 3.63) is 65.0 Å². The lowest BCUT2D eigenvalue weighted by molar-refractivity contribution is -0.144. The second-order valence-corrected chi connectivity index (χ2v) is 5.10. The van der Waals surface area contributed by atoms with Gasteiger partial charge in [-0.3, -0.25) is 0 Å². The van der Waals surface area contributed by atoms with Crippen LogP contribution in [0.4, 0.5) is 0 Å². The predicted molar refractivity (Wildman–Crippen MR) is 85.6 cm³/mol. The topological polar surface area (TPSA) is 76.7 Å². The average molecular weight is 310 g/mol. The molecule has 5 heteroatoms. The van der Waals surface area contributed by atoms with E-state index in [-0.39, 0.29) is 0 Å². The summed E-state index contributed by atoms with van der Waals surface area (Å²) >= 11 is 0. The lowest BCUT2D eigenvalue weighted by Crippen LogP contribution is -2.22. The number of hydrogen-bond donors (Lipinski definition) is 1. The number of carboxylic acids is 1. The third-order valence-electron chi connectivity index (χ3n) is 3.46. The highest BCUT2D eigenvalue weighted by Crippen LogP contribution is 2.29. The second-order valence-electron chi connectivity index (χ2n) is 5.10. The molecule has 1 N–H and O–H groups in total. The Morgan fingerprint density at radius 2 is 1.87 bits per heavy atom. The maximum absolute atomic E-state index is 11.8. The van der Waals surface area contributed by atoms with Gasteiger partial charge in [0.25, 0.3) is 0 Å². The molecule has 116 valence electrons. The molecule has 0 aliphatic carbocycles. The fourth-order valence-electron chi connectivity index (χ4n) is 2.33. The van der Waals surface area contributed by atoms with Gasteiger partial charge in [0.15, 0.2) is 6.10 Å². The summed E-state index contributed by atoms with van der Waals surface area (Å²) in [4.78, 5) is 22.7. The molecule has 0 radical (unpaired) electrons. The van der Waals surface area contributed by atoms with Crippen molar-refractivity contribution < 1.29 is 19.1 Å². The summed E-state index contributed by atoms with van der Waals surface area (Å²) in [5.74, 6) is -0.731. The van der Waals surface area contributed by atoms with Crippen molar-refractivity contribution in [1.82, 2.24) is 0 Å². The molecule has 0 amide bonds. The van der Waals surface area contributed by atoms with Crippen LogP contribution < -0.4 is 10.4 Å². The van der Waals surface area contributed by atoms with Crippen molar-refractivity contribution in [2.75, 3.05) is 0 Å². The van der Waals surface area contributed by atoms with Gasteiger partial charge in [-0.1, -0.05) is 30.3 Å². The molecule has 23 heavy (non-hydrogen) atoms. The molecular formula is C18H14O5. The molecule has 0 saturated heterocycles. The molecule has 0 fully saturated rings. The van der Waals surface area contributed by atoms with E-state index < -0.39 is 17.7 Å². The number of carboxylic acid groups (broad SMARTS) is 1. The Kier molecular flexibility index (Phi) is 3.85. The number of rotatable bonds is 4. The van der Waals surface area contributed by atoms with E-state index in [4.69, 9.17) is 14.3 Å². The number of hydrogen-bond acceptors (Lipinski definition) is 4. The summed E-state index contributed by atoms with van der Waals surface area (Å²) in [6.07, 6.45) is -0.989. The molecule has 0 aliphatic heterocycles. The lowest BCUT2D eigenvalue weighted by Gasteiger charge is -2.11. The summed E-state index contributed by atoms with van der Waals surface area (Å²) in [6, 6.07) is 15.9. The summed E-state index contributed by atoms with van der Waals surface area (Å²) < 4.78 is 10.5. The van der Waals surface area contributed by atoms with E-state index in [0.717, 1.165) is 16.5 Å². The Bertz CT molecular complexity index is 912. The Morgan fingerprint density at radius 3 is 2.57 bits per heavy atom. The van der Waals surface area contributed by atoms with Crippen LogP contribution in [-0.2, 0) is 4.79 Å². The van der Waals surface area contributed by atoms with Crippen LogP contribution in [0.25, 0.3) is 22.1 Å². The minimum Gasteiger partial charge on any atom is -0.479 e. The first-order valence-corrected chi connectivity index (χ1v) is 7.07. The van der Waals surface area contributed by atoms with Crippen LogP contribution in [-0.4, -0.2) is 17.2 Å². The Hall–Kier alpha value is -3.08. The quantitative estimate of drug-likeness (QED) is 0.748. The van der Waals surface area contributed by atoms with Crippen molar-refractivity contribution in [2.24, 2.45) is 0 Å². The van der Waals surface area contributed by atoms with E-state index in [1.807, 2.05) is 30.3 Å². The third kappa shape index (κ3) is 3.08. The zero-order valence-electron chi connectivity index (χ0n) is 12.4. The molecule has 5 nitrogen and oxygen atoms in total. The van der Waals surface area contributed by atoms with Gasteiger partial charge >= 0.3 is 11.6 Å². The van der Waals surface area contributed by atoms with Gasteiger partial charge in [-0.15, -0.1) is 0 Å². The van der Waals surface area contributed by atoms with Gasteiger partial charge in [-0.05, 0) is 30.2 Å². The molecule has 0 spiro atoms.